The first kappa shape index (κ1) is 29.1. The summed E-state index contributed by atoms with van der Waals surface area (Å²) in [5.74, 6) is 19.8. The maximum atomic E-state index is 5.87. The van der Waals surface area contributed by atoms with E-state index in [1.807, 2.05) is 41.4 Å². The van der Waals surface area contributed by atoms with Crippen molar-refractivity contribution < 1.29 is 4.74 Å². The molecule has 1 unspecified atom stereocenters. The fourth-order valence-electron chi connectivity index (χ4n) is 2.57. The lowest BCUT2D eigenvalue weighted by Gasteiger charge is -2.16. The minimum absolute atomic E-state index is 0.0996. The summed E-state index contributed by atoms with van der Waals surface area (Å²) in [6.45, 7) is 0.345. The maximum absolute atomic E-state index is 5.87. The van der Waals surface area contributed by atoms with Gasteiger partial charge in [0.05, 0.1) is 17.6 Å². The quantitative estimate of drug-likeness (QED) is 0.130. The highest BCUT2D eigenvalue weighted by molar-refractivity contribution is 8.04. The summed E-state index contributed by atoms with van der Waals surface area (Å²) in [6, 6.07) is 18.9. The monoisotopic (exact) mass is 542 g/mol. The van der Waals surface area contributed by atoms with Crippen LogP contribution < -0.4 is 0 Å². The van der Waals surface area contributed by atoms with Gasteiger partial charge in [0.1, 0.15) is 6.61 Å². The van der Waals surface area contributed by atoms with Crippen LogP contribution in [0, 0.1) is 36.5 Å². The second-order valence-corrected chi connectivity index (χ2v) is 12.4. The van der Waals surface area contributed by atoms with E-state index in [9.17, 15) is 0 Å². The standard InChI is InChI=1S/C28H30OS5/c1-3-16-29-26(23-33-27-10-6-5-7-11-27)24-34-28-14-12-25(13-15-28)9-8-18-31-20-22-32-21-19-30-17-4-2/h1-2,5-7,10-15,26H,16-24H2. The van der Waals surface area contributed by atoms with Crippen LogP contribution in [0.2, 0.25) is 0 Å². The van der Waals surface area contributed by atoms with Crippen molar-refractivity contribution in [1.29, 1.82) is 0 Å². The van der Waals surface area contributed by atoms with Gasteiger partial charge in [-0.05, 0) is 36.4 Å². The van der Waals surface area contributed by atoms with Crippen LogP contribution in [0.4, 0.5) is 0 Å². The van der Waals surface area contributed by atoms with E-state index in [0.29, 0.717) is 6.61 Å². The zero-order chi connectivity index (χ0) is 24.1. The molecule has 0 spiro atoms. The van der Waals surface area contributed by atoms with Crippen LogP contribution in [0.5, 0.6) is 0 Å². The van der Waals surface area contributed by atoms with E-state index in [1.165, 1.54) is 21.3 Å². The van der Waals surface area contributed by atoms with Crippen LogP contribution >= 0.6 is 58.8 Å². The van der Waals surface area contributed by atoms with Crippen LogP contribution in [-0.2, 0) is 4.74 Å². The second kappa shape index (κ2) is 20.1. The minimum atomic E-state index is 0.0996. The van der Waals surface area contributed by atoms with Crippen molar-refractivity contribution in [3.8, 4) is 36.5 Å². The maximum Gasteiger partial charge on any atom is 0.107 e. The molecule has 0 amide bonds. The smallest absolute Gasteiger partial charge is 0.107 e. The Balaban J connectivity index is 1.65. The predicted molar refractivity (Wildman–Crippen MR) is 161 cm³/mol. The van der Waals surface area contributed by atoms with E-state index in [-0.39, 0.29) is 6.10 Å². The van der Waals surface area contributed by atoms with Crippen LogP contribution in [0.15, 0.2) is 64.4 Å². The first-order chi connectivity index (χ1) is 16.8. The number of terminal acetylenes is 2. The molecule has 0 saturated carbocycles. The molecule has 0 fully saturated rings. The summed E-state index contributed by atoms with van der Waals surface area (Å²) < 4.78 is 5.87. The molecule has 0 saturated heterocycles. The Labute approximate surface area is 227 Å². The molecular weight excluding hydrogens is 513 g/mol. The third-order valence-electron chi connectivity index (χ3n) is 4.21. The lowest BCUT2D eigenvalue weighted by Crippen LogP contribution is -2.19. The zero-order valence-corrected chi connectivity index (χ0v) is 23.3. The summed E-state index contributed by atoms with van der Waals surface area (Å²) in [6.07, 6.45) is 10.7. The van der Waals surface area contributed by atoms with Crippen molar-refractivity contribution >= 4 is 58.8 Å². The lowest BCUT2D eigenvalue weighted by molar-refractivity contribution is 0.113. The summed E-state index contributed by atoms with van der Waals surface area (Å²) in [7, 11) is 0. The van der Waals surface area contributed by atoms with Gasteiger partial charge in [-0.25, -0.2) is 0 Å². The number of ether oxygens (including phenoxy) is 1. The topological polar surface area (TPSA) is 9.23 Å². The van der Waals surface area contributed by atoms with Gasteiger partial charge in [0, 0.05) is 49.9 Å². The fraction of sp³-hybridized carbons (Fsp3) is 0.357. The van der Waals surface area contributed by atoms with Crippen LogP contribution in [0.1, 0.15) is 5.56 Å². The molecule has 2 rings (SSSR count). The molecule has 0 radical (unpaired) electrons. The molecule has 1 nitrogen and oxygen atoms in total. The van der Waals surface area contributed by atoms with Gasteiger partial charge < -0.3 is 4.74 Å². The Morgan fingerprint density at radius 2 is 1.32 bits per heavy atom. The van der Waals surface area contributed by atoms with Gasteiger partial charge in [-0.1, -0.05) is 41.9 Å². The largest absolute Gasteiger partial charge is 0.364 e. The summed E-state index contributed by atoms with van der Waals surface area (Å²) in [4.78, 5) is 2.47. The molecule has 0 heterocycles. The van der Waals surface area contributed by atoms with Crippen molar-refractivity contribution in [2.75, 3.05) is 52.6 Å². The van der Waals surface area contributed by atoms with E-state index in [1.54, 1.807) is 23.5 Å². The molecule has 0 N–H and O–H groups in total. The van der Waals surface area contributed by atoms with Crippen molar-refractivity contribution in [1.82, 2.24) is 0 Å². The van der Waals surface area contributed by atoms with Gasteiger partial charge >= 0.3 is 0 Å². The summed E-state index contributed by atoms with van der Waals surface area (Å²) >= 11 is 9.32. The minimum Gasteiger partial charge on any atom is -0.364 e. The Morgan fingerprint density at radius 3 is 1.97 bits per heavy atom. The van der Waals surface area contributed by atoms with Gasteiger partial charge in [0.15, 0.2) is 0 Å². The van der Waals surface area contributed by atoms with E-state index < -0.39 is 0 Å². The van der Waals surface area contributed by atoms with Crippen molar-refractivity contribution in [3.63, 3.8) is 0 Å². The number of benzene rings is 2. The average Bonchev–Trinajstić information content (AvgIpc) is 2.88. The van der Waals surface area contributed by atoms with Crippen molar-refractivity contribution in [2.24, 2.45) is 0 Å². The van der Waals surface area contributed by atoms with Gasteiger partial charge in [-0.15, -0.1) is 59.9 Å². The van der Waals surface area contributed by atoms with Crippen molar-refractivity contribution in [3.05, 3.63) is 60.2 Å². The highest BCUT2D eigenvalue weighted by Crippen LogP contribution is 2.24. The molecule has 2 aromatic rings. The summed E-state index contributed by atoms with van der Waals surface area (Å²) in [5.41, 5.74) is 1.06. The molecule has 2 aromatic carbocycles. The van der Waals surface area contributed by atoms with Gasteiger partial charge in [-0.3, -0.25) is 0 Å². The predicted octanol–water partition coefficient (Wildman–Crippen LogP) is 6.77. The second-order valence-electron chi connectivity index (χ2n) is 6.82. The van der Waals surface area contributed by atoms with Gasteiger partial charge in [0.2, 0.25) is 0 Å². The molecule has 0 aliphatic rings. The third-order valence-corrected chi connectivity index (χ3v) is 9.70. The average molecular weight is 543 g/mol. The first-order valence-corrected chi connectivity index (χ1v) is 16.4. The molecule has 1 atom stereocenters. The van der Waals surface area contributed by atoms with E-state index in [2.05, 4.69) is 72.2 Å². The Bertz CT molecular complexity index is 935. The van der Waals surface area contributed by atoms with Crippen LogP contribution in [0.3, 0.4) is 0 Å². The van der Waals surface area contributed by atoms with E-state index >= 15 is 0 Å². The summed E-state index contributed by atoms with van der Waals surface area (Å²) in [5, 5.41) is 0. The number of thioether (sulfide) groups is 5. The van der Waals surface area contributed by atoms with Crippen LogP contribution in [0.25, 0.3) is 0 Å². The molecule has 6 heteroatoms. The lowest BCUT2D eigenvalue weighted by atomic mass is 10.2. The van der Waals surface area contributed by atoms with E-state index in [0.717, 1.165) is 40.1 Å². The third kappa shape index (κ3) is 14.3. The Hall–Kier alpha value is -1.17. The number of hydrogen-bond donors (Lipinski definition) is 0. The number of rotatable bonds is 16. The van der Waals surface area contributed by atoms with Crippen molar-refractivity contribution in [2.45, 2.75) is 15.9 Å². The fourth-order valence-corrected chi connectivity index (χ4v) is 7.25. The normalized spacial score (nSPS) is 11.1. The molecule has 178 valence electrons. The highest BCUT2D eigenvalue weighted by atomic mass is 32.2. The van der Waals surface area contributed by atoms with Crippen LogP contribution in [-0.4, -0.2) is 58.7 Å². The Kier molecular flexibility index (Phi) is 17.2. The molecule has 0 aromatic heterocycles. The zero-order valence-electron chi connectivity index (χ0n) is 19.2. The SMILES string of the molecule is C#CCOC(CSc1ccccc1)CSc1ccc(C#CCSCCSCCSCC#C)cc1. The first-order valence-electron chi connectivity index (χ1n) is 10.9. The van der Waals surface area contributed by atoms with Gasteiger partial charge in [0.25, 0.3) is 0 Å². The molecule has 0 bridgehead atoms. The van der Waals surface area contributed by atoms with Gasteiger partial charge in [-0.2, -0.15) is 11.8 Å². The molecule has 0 aliphatic heterocycles. The number of hydrogen-bond acceptors (Lipinski definition) is 6. The Morgan fingerprint density at radius 1 is 0.706 bits per heavy atom. The molecular formula is C28H30OS5. The highest BCUT2D eigenvalue weighted by Gasteiger charge is 2.11. The molecule has 0 aliphatic carbocycles. The van der Waals surface area contributed by atoms with E-state index in [4.69, 9.17) is 17.6 Å². The molecule has 34 heavy (non-hydrogen) atoms.